The van der Waals surface area contributed by atoms with Crippen LogP contribution in [0.5, 0.6) is 0 Å². The smallest absolute Gasteiger partial charge is 0.243 e. The molecule has 2 unspecified atom stereocenters. The van der Waals surface area contributed by atoms with Crippen molar-refractivity contribution in [1.29, 1.82) is 0 Å². The highest BCUT2D eigenvalue weighted by molar-refractivity contribution is 5.88. The van der Waals surface area contributed by atoms with Gasteiger partial charge < -0.3 is 4.90 Å². The van der Waals surface area contributed by atoms with Gasteiger partial charge in [-0.3, -0.25) is 10.1 Å². The Morgan fingerprint density at radius 3 is 2.05 bits per heavy atom. The Morgan fingerprint density at radius 1 is 1.10 bits per heavy atom. The first kappa shape index (κ1) is 15.8. The van der Waals surface area contributed by atoms with Crippen molar-refractivity contribution in [3.63, 3.8) is 0 Å². The Labute approximate surface area is 124 Å². The average Bonchev–Trinajstić information content (AvgIpc) is 2.61. The largest absolute Gasteiger partial charge is 0.325 e. The van der Waals surface area contributed by atoms with Crippen LogP contribution in [0.3, 0.4) is 0 Å². The van der Waals surface area contributed by atoms with Crippen molar-refractivity contribution in [3.05, 3.63) is 0 Å². The molecule has 1 amide bonds. The maximum Gasteiger partial charge on any atom is 0.243 e. The molecule has 3 nitrogen and oxygen atoms in total. The molecule has 0 bridgehead atoms. The Hall–Kier alpha value is -0.570. The van der Waals surface area contributed by atoms with Gasteiger partial charge in [0.25, 0.3) is 0 Å². The van der Waals surface area contributed by atoms with Crippen LogP contribution in [0.2, 0.25) is 0 Å². The zero-order valence-electron chi connectivity index (χ0n) is 14.3. The third kappa shape index (κ3) is 2.09. The summed E-state index contributed by atoms with van der Waals surface area (Å²) in [7, 11) is 0. The quantitative estimate of drug-likeness (QED) is 0.837. The van der Waals surface area contributed by atoms with Crippen molar-refractivity contribution in [1.82, 2.24) is 10.2 Å². The molecular weight excluding hydrogens is 248 g/mol. The lowest BCUT2D eigenvalue weighted by atomic mass is 9.99. The maximum atomic E-state index is 12.8. The maximum absolute atomic E-state index is 12.8. The highest BCUT2D eigenvalue weighted by Gasteiger charge is 2.65. The molecule has 2 atom stereocenters. The molecule has 1 aliphatic carbocycles. The Kier molecular flexibility index (Phi) is 3.73. The van der Waals surface area contributed by atoms with Crippen molar-refractivity contribution in [3.8, 4) is 0 Å². The van der Waals surface area contributed by atoms with Crippen molar-refractivity contribution in [2.45, 2.75) is 79.4 Å². The zero-order chi connectivity index (χ0) is 15.3. The van der Waals surface area contributed by atoms with Crippen molar-refractivity contribution >= 4 is 5.91 Å². The van der Waals surface area contributed by atoms with E-state index in [-0.39, 0.29) is 11.7 Å². The lowest BCUT2D eigenvalue weighted by Gasteiger charge is -2.25. The molecule has 1 aliphatic heterocycles. The third-order valence-corrected chi connectivity index (χ3v) is 6.56. The third-order valence-electron chi connectivity index (χ3n) is 6.56. The van der Waals surface area contributed by atoms with Gasteiger partial charge >= 0.3 is 0 Å². The Balaban J connectivity index is 2.15. The first-order valence-corrected chi connectivity index (χ1v) is 8.20. The molecule has 2 aliphatic rings. The SMILES string of the molecule is CCCC1NC(C)(CC)C(=O)N1CC1C(C)(C)C1(C)C. The monoisotopic (exact) mass is 280 g/mol. The van der Waals surface area contributed by atoms with Gasteiger partial charge in [0.15, 0.2) is 0 Å². The second kappa shape index (κ2) is 4.72. The highest BCUT2D eigenvalue weighted by Crippen LogP contribution is 2.68. The van der Waals surface area contributed by atoms with Gasteiger partial charge in [0.05, 0.1) is 11.7 Å². The van der Waals surface area contributed by atoms with Crippen molar-refractivity contribution in [2.75, 3.05) is 6.54 Å². The fourth-order valence-corrected chi connectivity index (χ4v) is 3.92. The summed E-state index contributed by atoms with van der Waals surface area (Å²) in [4.78, 5) is 14.9. The van der Waals surface area contributed by atoms with Crippen LogP contribution in [-0.2, 0) is 4.79 Å². The molecular formula is C17H32N2O. The summed E-state index contributed by atoms with van der Waals surface area (Å²) in [6.45, 7) is 16.6. The average molecular weight is 280 g/mol. The minimum atomic E-state index is -0.358. The van der Waals surface area contributed by atoms with Crippen LogP contribution in [0.15, 0.2) is 0 Å². The molecule has 1 saturated carbocycles. The lowest BCUT2D eigenvalue weighted by Crippen LogP contribution is -2.43. The first-order valence-electron chi connectivity index (χ1n) is 8.20. The molecule has 3 heteroatoms. The molecule has 2 rings (SSSR count). The van der Waals surface area contributed by atoms with Gasteiger partial charge in [-0.2, -0.15) is 0 Å². The van der Waals surface area contributed by atoms with Gasteiger partial charge in [-0.05, 0) is 36.5 Å². The van der Waals surface area contributed by atoms with Gasteiger partial charge in [-0.1, -0.05) is 48.0 Å². The van der Waals surface area contributed by atoms with E-state index in [0.29, 0.717) is 22.7 Å². The van der Waals surface area contributed by atoms with E-state index in [4.69, 9.17) is 0 Å². The summed E-state index contributed by atoms with van der Waals surface area (Å²) in [5.41, 5.74) is 0.327. The minimum absolute atomic E-state index is 0.227. The number of carbonyl (C=O) groups is 1. The van der Waals surface area contributed by atoms with Gasteiger partial charge in [-0.25, -0.2) is 0 Å². The van der Waals surface area contributed by atoms with E-state index >= 15 is 0 Å². The zero-order valence-corrected chi connectivity index (χ0v) is 14.3. The highest BCUT2D eigenvalue weighted by atomic mass is 16.2. The Morgan fingerprint density at radius 2 is 1.65 bits per heavy atom. The van der Waals surface area contributed by atoms with Gasteiger partial charge in [0.2, 0.25) is 5.91 Å². The number of carbonyl (C=O) groups excluding carboxylic acids is 1. The predicted molar refractivity (Wildman–Crippen MR) is 83.3 cm³/mol. The topological polar surface area (TPSA) is 32.3 Å². The predicted octanol–water partition coefficient (Wildman–Crippen LogP) is 3.40. The molecule has 1 heterocycles. The van der Waals surface area contributed by atoms with Gasteiger partial charge in [0.1, 0.15) is 0 Å². The molecule has 0 spiro atoms. The van der Waals surface area contributed by atoms with E-state index in [1.807, 2.05) is 0 Å². The van der Waals surface area contributed by atoms with Crippen LogP contribution in [-0.4, -0.2) is 29.1 Å². The normalized spacial score (nSPS) is 35.6. The fourth-order valence-electron chi connectivity index (χ4n) is 3.92. The number of hydrogen-bond acceptors (Lipinski definition) is 2. The molecule has 116 valence electrons. The molecule has 20 heavy (non-hydrogen) atoms. The summed E-state index contributed by atoms with van der Waals surface area (Å²) in [5.74, 6) is 0.913. The fraction of sp³-hybridized carbons (Fsp3) is 0.941. The van der Waals surface area contributed by atoms with E-state index in [0.717, 1.165) is 25.8 Å². The van der Waals surface area contributed by atoms with Gasteiger partial charge in [0, 0.05) is 6.54 Å². The standard InChI is InChI=1S/C17H32N2O/c1-8-10-13-18-17(7,9-2)14(20)19(13)11-12-15(3,4)16(12,5)6/h12-13,18H,8-11H2,1-7H3. The molecule has 0 aromatic heterocycles. The number of nitrogens with zero attached hydrogens (tertiary/aromatic N) is 1. The summed E-state index contributed by atoms with van der Waals surface area (Å²) < 4.78 is 0. The second-order valence-electron chi connectivity index (χ2n) is 8.09. The molecule has 2 fully saturated rings. The number of rotatable bonds is 5. The number of amides is 1. The van der Waals surface area contributed by atoms with E-state index in [2.05, 4.69) is 58.7 Å². The van der Waals surface area contributed by atoms with E-state index in [9.17, 15) is 4.79 Å². The van der Waals surface area contributed by atoms with Crippen LogP contribution in [0.4, 0.5) is 0 Å². The van der Waals surface area contributed by atoms with Crippen LogP contribution >= 0.6 is 0 Å². The van der Waals surface area contributed by atoms with Crippen LogP contribution < -0.4 is 5.32 Å². The summed E-state index contributed by atoms with van der Waals surface area (Å²) in [6, 6.07) is 0. The Bertz CT molecular complexity index is 388. The first-order chi connectivity index (χ1) is 9.11. The molecule has 1 saturated heterocycles. The van der Waals surface area contributed by atoms with E-state index in [1.54, 1.807) is 0 Å². The van der Waals surface area contributed by atoms with Crippen LogP contribution in [0.25, 0.3) is 0 Å². The van der Waals surface area contributed by atoms with Crippen molar-refractivity contribution in [2.24, 2.45) is 16.7 Å². The lowest BCUT2D eigenvalue weighted by molar-refractivity contribution is -0.133. The minimum Gasteiger partial charge on any atom is -0.325 e. The van der Waals surface area contributed by atoms with Crippen LogP contribution in [0, 0.1) is 16.7 Å². The summed E-state index contributed by atoms with van der Waals surface area (Å²) in [6.07, 6.45) is 3.25. The van der Waals surface area contributed by atoms with E-state index < -0.39 is 0 Å². The number of nitrogens with one attached hydrogen (secondary N) is 1. The molecule has 0 aromatic rings. The van der Waals surface area contributed by atoms with Crippen molar-refractivity contribution < 1.29 is 4.79 Å². The summed E-state index contributed by atoms with van der Waals surface area (Å²) >= 11 is 0. The van der Waals surface area contributed by atoms with E-state index in [1.165, 1.54) is 0 Å². The number of hydrogen-bond donors (Lipinski definition) is 1. The van der Waals surface area contributed by atoms with Gasteiger partial charge in [-0.15, -0.1) is 0 Å². The second-order valence-corrected chi connectivity index (χ2v) is 8.09. The molecule has 1 N–H and O–H groups in total. The summed E-state index contributed by atoms with van der Waals surface area (Å²) in [5, 5.41) is 3.58. The molecule has 0 radical (unpaired) electrons. The molecule has 0 aromatic carbocycles. The van der Waals surface area contributed by atoms with Crippen LogP contribution in [0.1, 0.15) is 67.7 Å².